The van der Waals surface area contributed by atoms with Gasteiger partial charge in [-0.2, -0.15) is 0 Å². The highest BCUT2D eigenvalue weighted by Gasteiger charge is 2.23. The van der Waals surface area contributed by atoms with Gasteiger partial charge in [0, 0.05) is 35.2 Å². The van der Waals surface area contributed by atoms with Gasteiger partial charge in [-0.15, -0.1) is 5.10 Å². The first-order valence-electron chi connectivity index (χ1n) is 7.57. The third kappa shape index (κ3) is 2.27. The number of rotatable bonds is 3. The SMILES string of the molecule is O=C(CC1C=Cc2cn3nncc3c2=C1)C1CCNCC1. The van der Waals surface area contributed by atoms with Crippen molar-refractivity contribution in [3.05, 3.63) is 29.3 Å². The molecule has 5 heteroatoms. The molecule has 108 valence electrons. The van der Waals surface area contributed by atoms with Gasteiger partial charge in [0.05, 0.1) is 11.7 Å². The fourth-order valence-corrected chi connectivity index (χ4v) is 3.36. The Morgan fingerprint density at radius 1 is 1.38 bits per heavy atom. The van der Waals surface area contributed by atoms with Crippen LogP contribution in [0.3, 0.4) is 0 Å². The van der Waals surface area contributed by atoms with E-state index in [1.165, 1.54) is 0 Å². The van der Waals surface area contributed by atoms with Gasteiger partial charge in [-0.3, -0.25) is 4.79 Å². The molecule has 0 bridgehead atoms. The lowest BCUT2D eigenvalue weighted by atomic mass is 9.86. The van der Waals surface area contributed by atoms with Crippen molar-refractivity contribution >= 4 is 23.5 Å². The summed E-state index contributed by atoms with van der Waals surface area (Å²) in [5, 5.41) is 12.4. The first kappa shape index (κ1) is 12.7. The molecule has 0 radical (unpaired) electrons. The molecule has 0 spiro atoms. The maximum Gasteiger partial charge on any atom is 0.136 e. The Morgan fingerprint density at radius 2 is 2.24 bits per heavy atom. The Hall–Kier alpha value is -2.01. The summed E-state index contributed by atoms with van der Waals surface area (Å²) in [6.07, 6.45) is 12.8. The van der Waals surface area contributed by atoms with E-state index in [1.807, 2.05) is 6.20 Å². The number of hydrogen-bond donors (Lipinski definition) is 1. The number of allylic oxidation sites excluding steroid dienone is 1. The van der Waals surface area contributed by atoms with Gasteiger partial charge in [-0.05, 0) is 25.9 Å². The third-order valence-electron chi connectivity index (χ3n) is 4.56. The number of fused-ring (bicyclic) bond motifs is 3. The zero-order valence-corrected chi connectivity index (χ0v) is 11.8. The number of Topliss-reactive ketones (excluding diaryl/α,β-unsaturated/α-hetero) is 1. The smallest absolute Gasteiger partial charge is 0.136 e. The van der Waals surface area contributed by atoms with Crippen molar-refractivity contribution in [1.82, 2.24) is 20.1 Å². The number of carbonyl (C=O) groups excluding carboxylic acids is 1. The van der Waals surface area contributed by atoms with Crippen LogP contribution in [-0.4, -0.2) is 33.7 Å². The maximum atomic E-state index is 12.4. The monoisotopic (exact) mass is 282 g/mol. The minimum Gasteiger partial charge on any atom is -0.317 e. The molecule has 1 fully saturated rings. The van der Waals surface area contributed by atoms with Crippen molar-refractivity contribution in [3.8, 4) is 0 Å². The molecule has 0 amide bonds. The van der Waals surface area contributed by atoms with Crippen molar-refractivity contribution < 1.29 is 4.79 Å². The lowest BCUT2D eigenvalue weighted by Crippen LogP contribution is -2.32. The van der Waals surface area contributed by atoms with Crippen LogP contribution in [0.1, 0.15) is 24.8 Å². The summed E-state index contributed by atoms with van der Waals surface area (Å²) < 4.78 is 1.79. The number of aromatic nitrogens is 3. The Labute approximate surface area is 122 Å². The topological polar surface area (TPSA) is 59.3 Å². The molecule has 2 aromatic rings. The minimum atomic E-state index is 0.195. The average molecular weight is 282 g/mol. The van der Waals surface area contributed by atoms with Crippen molar-refractivity contribution in [1.29, 1.82) is 0 Å². The molecule has 4 rings (SSSR count). The third-order valence-corrected chi connectivity index (χ3v) is 4.56. The quantitative estimate of drug-likeness (QED) is 0.906. The van der Waals surface area contributed by atoms with Crippen LogP contribution in [0.2, 0.25) is 0 Å². The zero-order valence-electron chi connectivity index (χ0n) is 11.8. The van der Waals surface area contributed by atoms with Crippen LogP contribution in [0.15, 0.2) is 18.5 Å². The second kappa shape index (κ2) is 5.07. The van der Waals surface area contributed by atoms with E-state index in [9.17, 15) is 4.79 Å². The van der Waals surface area contributed by atoms with Crippen molar-refractivity contribution in [2.75, 3.05) is 13.1 Å². The first-order chi connectivity index (χ1) is 10.3. The molecule has 1 N–H and O–H groups in total. The van der Waals surface area contributed by atoms with Crippen LogP contribution in [0.4, 0.5) is 0 Å². The molecule has 1 aliphatic carbocycles. The van der Waals surface area contributed by atoms with Crippen molar-refractivity contribution in [2.24, 2.45) is 11.8 Å². The fraction of sp³-hybridized carbons (Fsp3) is 0.438. The molecule has 5 nitrogen and oxygen atoms in total. The summed E-state index contributed by atoms with van der Waals surface area (Å²) in [6.45, 7) is 1.94. The summed E-state index contributed by atoms with van der Waals surface area (Å²) >= 11 is 0. The molecule has 0 saturated carbocycles. The highest BCUT2D eigenvalue weighted by molar-refractivity contribution is 5.83. The van der Waals surface area contributed by atoms with E-state index in [0.717, 1.165) is 42.2 Å². The van der Waals surface area contributed by atoms with Gasteiger partial charge in [-0.1, -0.05) is 23.4 Å². The van der Waals surface area contributed by atoms with Crippen LogP contribution in [0.25, 0.3) is 17.7 Å². The molecule has 0 aromatic carbocycles. The van der Waals surface area contributed by atoms with Gasteiger partial charge in [0.15, 0.2) is 0 Å². The van der Waals surface area contributed by atoms with Crippen molar-refractivity contribution in [2.45, 2.75) is 19.3 Å². The molecule has 2 aliphatic rings. The highest BCUT2D eigenvalue weighted by Crippen LogP contribution is 2.22. The molecule has 1 saturated heterocycles. The Kier molecular flexibility index (Phi) is 3.07. The number of nitrogens with zero attached hydrogens (tertiary/aromatic N) is 3. The number of piperidine rings is 1. The number of ketones is 1. The molecular formula is C16H18N4O. The second-order valence-electron chi connectivity index (χ2n) is 5.95. The largest absolute Gasteiger partial charge is 0.317 e. The molecule has 2 aromatic heterocycles. The predicted octanol–water partition coefficient (Wildman–Crippen LogP) is 0.830. The molecule has 1 atom stereocenters. The lowest BCUT2D eigenvalue weighted by Gasteiger charge is -2.22. The molecule has 1 unspecified atom stereocenters. The predicted molar refractivity (Wildman–Crippen MR) is 80.4 cm³/mol. The lowest BCUT2D eigenvalue weighted by molar-refractivity contribution is -0.123. The Morgan fingerprint density at radius 3 is 3.10 bits per heavy atom. The summed E-state index contributed by atoms with van der Waals surface area (Å²) in [7, 11) is 0. The van der Waals surface area contributed by atoms with E-state index >= 15 is 0 Å². The van der Waals surface area contributed by atoms with Gasteiger partial charge in [0.1, 0.15) is 5.78 Å². The Balaban J connectivity index is 1.56. The summed E-state index contributed by atoms with van der Waals surface area (Å²) in [5.41, 5.74) is 2.18. The fourth-order valence-electron chi connectivity index (χ4n) is 3.36. The summed E-state index contributed by atoms with van der Waals surface area (Å²) in [6, 6.07) is 0. The number of hydrogen-bond acceptors (Lipinski definition) is 4. The van der Waals surface area contributed by atoms with E-state index < -0.39 is 0 Å². The van der Waals surface area contributed by atoms with Gasteiger partial charge < -0.3 is 5.32 Å². The average Bonchev–Trinajstić information content (AvgIpc) is 3.09. The summed E-state index contributed by atoms with van der Waals surface area (Å²) in [4.78, 5) is 12.4. The van der Waals surface area contributed by atoms with Crippen LogP contribution in [0, 0.1) is 11.8 Å². The number of carbonyl (C=O) groups is 1. The molecule has 1 aliphatic heterocycles. The molecule has 3 heterocycles. The van der Waals surface area contributed by atoms with E-state index in [0.29, 0.717) is 12.2 Å². The van der Waals surface area contributed by atoms with Gasteiger partial charge in [-0.25, -0.2) is 4.52 Å². The van der Waals surface area contributed by atoms with E-state index in [2.05, 4.69) is 33.9 Å². The second-order valence-corrected chi connectivity index (χ2v) is 5.95. The van der Waals surface area contributed by atoms with Gasteiger partial charge in [0.25, 0.3) is 0 Å². The van der Waals surface area contributed by atoms with E-state index in [-0.39, 0.29) is 11.8 Å². The van der Waals surface area contributed by atoms with E-state index in [1.54, 1.807) is 10.7 Å². The summed E-state index contributed by atoms with van der Waals surface area (Å²) in [5.74, 6) is 0.840. The van der Waals surface area contributed by atoms with Crippen LogP contribution < -0.4 is 10.5 Å². The molecular weight excluding hydrogens is 264 g/mol. The normalized spacial score (nSPS) is 22.2. The van der Waals surface area contributed by atoms with Gasteiger partial charge >= 0.3 is 0 Å². The van der Waals surface area contributed by atoms with E-state index in [4.69, 9.17) is 0 Å². The van der Waals surface area contributed by atoms with Crippen LogP contribution >= 0.6 is 0 Å². The zero-order chi connectivity index (χ0) is 14.2. The number of nitrogens with one attached hydrogen (secondary N) is 1. The first-order valence-corrected chi connectivity index (χ1v) is 7.57. The van der Waals surface area contributed by atoms with Crippen LogP contribution in [-0.2, 0) is 4.79 Å². The van der Waals surface area contributed by atoms with Crippen LogP contribution in [0.5, 0.6) is 0 Å². The highest BCUT2D eigenvalue weighted by atomic mass is 16.1. The maximum absolute atomic E-state index is 12.4. The van der Waals surface area contributed by atoms with Gasteiger partial charge in [0.2, 0.25) is 0 Å². The molecule has 21 heavy (non-hydrogen) atoms. The Bertz CT molecular complexity index is 755. The minimum absolute atomic E-state index is 0.195. The standard InChI is InChI=1S/C16H18N4O/c21-16(12-3-5-17-6-4-12)8-11-1-2-13-10-20-15(9-18-19-20)14(13)7-11/h1-2,7,9-12,17H,3-6,8H2. The van der Waals surface area contributed by atoms with Crippen molar-refractivity contribution in [3.63, 3.8) is 0 Å².